The van der Waals surface area contributed by atoms with Crippen molar-refractivity contribution in [3.8, 4) is 0 Å². The fraction of sp³-hybridized carbons (Fsp3) is 0.286. The summed E-state index contributed by atoms with van der Waals surface area (Å²) < 4.78 is 1.65. The van der Waals surface area contributed by atoms with E-state index in [0.717, 1.165) is 16.6 Å². The number of aliphatic hydroxyl groups excluding tert-OH is 1. The minimum atomic E-state index is -1.34. The van der Waals surface area contributed by atoms with Crippen molar-refractivity contribution in [1.82, 2.24) is 19.8 Å². The maximum atomic E-state index is 13.0. The molecule has 1 unspecified atom stereocenters. The van der Waals surface area contributed by atoms with Crippen LogP contribution in [-0.4, -0.2) is 49.2 Å². The molecule has 1 aromatic carbocycles. The number of halogens is 2. The molecule has 8 nitrogen and oxygen atoms in total. The second kappa shape index (κ2) is 8.47. The molecule has 0 bridgehead atoms. The number of amides is 1. The van der Waals surface area contributed by atoms with Crippen LogP contribution in [-0.2, 0) is 17.8 Å². The number of carbonyl (C=O) groups is 2. The molecule has 3 aromatic rings. The lowest BCUT2D eigenvalue weighted by Gasteiger charge is -2.31. The first-order valence-corrected chi connectivity index (χ1v) is 10.4. The second-order valence-corrected chi connectivity index (χ2v) is 8.21. The normalized spacial score (nSPS) is 15.5. The summed E-state index contributed by atoms with van der Waals surface area (Å²) >= 11 is 12.9. The van der Waals surface area contributed by atoms with Gasteiger partial charge in [0.05, 0.1) is 10.5 Å². The highest BCUT2D eigenvalue weighted by Gasteiger charge is 2.29. The third-order valence-electron chi connectivity index (χ3n) is 5.37. The van der Waals surface area contributed by atoms with Crippen LogP contribution in [0.1, 0.15) is 40.3 Å². The second-order valence-electron chi connectivity index (χ2n) is 7.43. The Labute approximate surface area is 188 Å². The summed E-state index contributed by atoms with van der Waals surface area (Å²) in [7, 11) is 0. The Bertz CT molecular complexity index is 1150. The van der Waals surface area contributed by atoms with Crippen LogP contribution < -0.4 is 5.32 Å². The van der Waals surface area contributed by atoms with Crippen molar-refractivity contribution in [1.29, 1.82) is 0 Å². The van der Waals surface area contributed by atoms with E-state index in [1.807, 2.05) is 18.2 Å². The van der Waals surface area contributed by atoms with E-state index in [1.54, 1.807) is 27.7 Å². The van der Waals surface area contributed by atoms with Gasteiger partial charge in [0.1, 0.15) is 12.3 Å². The molecule has 0 saturated carbocycles. The summed E-state index contributed by atoms with van der Waals surface area (Å²) in [5.74, 6) is -1.30. The smallest absolute Gasteiger partial charge is 0.320 e. The minimum Gasteiger partial charge on any atom is -0.480 e. The Morgan fingerprint density at radius 3 is 2.74 bits per heavy atom. The van der Waals surface area contributed by atoms with Crippen LogP contribution in [0.25, 0.3) is 5.52 Å². The molecule has 10 heteroatoms. The Balaban J connectivity index is 1.58. The van der Waals surface area contributed by atoms with Gasteiger partial charge in [-0.2, -0.15) is 5.10 Å². The number of rotatable bonds is 5. The predicted octanol–water partition coefficient (Wildman–Crippen LogP) is 2.89. The van der Waals surface area contributed by atoms with Crippen LogP contribution in [0.15, 0.2) is 36.5 Å². The van der Waals surface area contributed by atoms with Crippen LogP contribution >= 0.6 is 23.2 Å². The van der Waals surface area contributed by atoms with Crippen molar-refractivity contribution in [2.75, 3.05) is 6.54 Å². The number of benzene rings is 1. The summed E-state index contributed by atoms with van der Waals surface area (Å²) in [4.78, 5) is 25.7. The van der Waals surface area contributed by atoms with Crippen molar-refractivity contribution in [3.05, 3.63) is 69.0 Å². The van der Waals surface area contributed by atoms with Gasteiger partial charge in [0.25, 0.3) is 5.91 Å². The summed E-state index contributed by atoms with van der Waals surface area (Å²) in [6.07, 6.45) is 0.913. The summed E-state index contributed by atoms with van der Waals surface area (Å²) in [6, 6.07) is 8.01. The van der Waals surface area contributed by atoms with Crippen molar-refractivity contribution in [3.63, 3.8) is 0 Å². The van der Waals surface area contributed by atoms with Gasteiger partial charge in [0.2, 0.25) is 0 Å². The van der Waals surface area contributed by atoms with E-state index in [2.05, 4.69) is 10.4 Å². The minimum absolute atomic E-state index is 0.192. The summed E-state index contributed by atoms with van der Waals surface area (Å²) in [6.45, 7) is 2.14. The van der Waals surface area contributed by atoms with Gasteiger partial charge in [0.15, 0.2) is 5.69 Å². The van der Waals surface area contributed by atoms with Gasteiger partial charge in [-0.3, -0.25) is 14.9 Å². The largest absolute Gasteiger partial charge is 0.480 e. The molecule has 0 spiro atoms. The van der Waals surface area contributed by atoms with Crippen LogP contribution in [0.5, 0.6) is 0 Å². The number of carboxylic acid groups (broad SMARTS) is 1. The molecule has 0 aliphatic carbocycles. The van der Waals surface area contributed by atoms with Crippen LogP contribution in [0, 0.1) is 0 Å². The lowest BCUT2D eigenvalue weighted by molar-refractivity contribution is -0.140. The number of hydrogen-bond acceptors (Lipinski definition) is 5. The summed E-state index contributed by atoms with van der Waals surface area (Å²) in [5.41, 5.74) is 2.97. The number of hydrogen-bond donors (Lipinski definition) is 3. The number of nitrogens with zero attached hydrogens (tertiary/aromatic N) is 3. The topological polar surface area (TPSA) is 107 Å². The molecular weight excluding hydrogens is 443 g/mol. The van der Waals surface area contributed by atoms with E-state index in [4.69, 9.17) is 28.3 Å². The standard InChI is InChI=1S/C21H20Cl2N4O4/c1-11(21(30)31)24-19(28)17-15(22)8-12-10-26(7-5-14(12)18(17)23)20(29)16-9-13-4-2-3-6-27(13)25-16/h2-4,6,8-9,11,19,24,28H,5,7,10H2,1H3,(H,30,31)/t11-,19?/m0/s1. The maximum Gasteiger partial charge on any atom is 0.320 e. The van der Waals surface area contributed by atoms with Gasteiger partial charge < -0.3 is 15.1 Å². The molecule has 0 radical (unpaired) electrons. The van der Waals surface area contributed by atoms with E-state index >= 15 is 0 Å². The number of fused-ring (bicyclic) bond motifs is 2. The Morgan fingerprint density at radius 2 is 2.03 bits per heavy atom. The van der Waals surface area contributed by atoms with E-state index < -0.39 is 18.2 Å². The molecule has 3 heterocycles. The molecule has 31 heavy (non-hydrogen) atoms. The first kappa shape index (κ1) is 21.6. The van der Waals surface area contributed by atoms with E-state index in [-0.39, 0.29) is 21.5 Å². The first-order valence-electron chi connectivity index (χ1n) is 9.66. The van der Waals surface area contributed by atoms with Crippen LogP contribution in [0.3, 0.4) is 0 Å². The fourth-order valence-corrected chi connectivity index (χ4v) is 4.49. The Morgan fingerprint density at radius 1 is 1.26 bits per heavy atom. The monoisotopic (exact) mass is 462 g/mol. The van der Waals surface area contributed by atoms with E-state index in [0.29, 0.717) is 25.2 Å². The first-order chi connectivity index (χ1) is 14.8. The fourth-order valence-electron chi connectivity index (χ4n) is 3.69. The number of carbonyl (C=O) groups excluding carboxylic acids is 1. The quantitative estimate of drug-likeness (QED) is 0.503. The maximum absolute atomic E-state index is 13.0. The van der Waals surface area contributed by atoms with Gasteiger partial charge >= 0.3 is 5.97 Å². The van der Waals surface area contributed by atoms with Crippen LogP contribution in [0.4, 0.5) is 0 Å². The molecule has 162 valence electrons. The molecule has 1 aliphatic rings. The van der Waals surface area contributed by atoms with E-state index in [9.17, 15) is 14.7 Å². The zero-order valence-corrected chi connectivity index (χ0v) is 18.1. The molecule has 2 atom stereocenters. The van der Waals surface area contributed by atoms with Gasteiger partial charge in [-0.15, -0.1) is 0 Å². The lowest BCUT2D eigenvalue weighted by atomic mass is 9.96. The highest BCUT2D eigenvalue weighted by Crippen LogP contribution is 2.37. The molecule has 0 fully saturated rings. The average Bonchev–Trinajstić information content (AvgIpc) is 3.16. The average molecular weight is 463 g/mol. The molecule has 1 amide bonds. The number of aliphatic carboxylic acids is 1. The van der Waals surface area contributed by atoms with Gasteiger partial charge in [-0.05, 0) is 48.7 Å². The molecule has 1 aliphatic heterocycles. The number of aliphatic hydroxyl groups is 1. The van der Waals surface area contributed by atoms with Crippen molar-refractivity contribution >= 4 is 40.6 Å². The zero-order valence-electron chi connectivity index (χ0n) is 16.5. The van der Waals surface area contributed by atoms with Crippen molar-refractivity contribution in [2.45, 2.75) is 32.2 Å². The number of pyridine rings is 1. The molecule has 0 saturated heterocycles. The number of carboxylic acids is 1. The SMILES string of the molecule is C[C@H](NC(O)c1c(Cl)cc2c(c1Cl)CCN(C(=O)c1cc3ccccn3n1)C2)C(=O)O. The molecule has 3 N–H and O–H groups in total. The molecule has 2 aromatic heterocycles. The van der Waals surface area contributed by atoms with Crippen molar-refractivity contribution < 1.29 is 19.8 Å². The van der Waals surface area contributed by atoms with Crippen LogP contribution in [0.2, 0.25) is 10.0 Å². The number of aromatic nitrogens is 2. The lowest BCUT2D eigenvalue weighted by Crippen LogP contribution is -2.38. The highest BCUT2D eigenvalue weighted by molar-refractivity contribution is 6.36. The predicted molar refractivity (Wildman–Crippen MR) is 115 cm³/mol. The third-order valence-corrected chi connectivity index (χ3v) is 6.11. The Hall–Kier alpha value is -2.65. The van der Waals surface area contributed by atoms with Gasteiger partial charge in [-0.1, -0.05) is 29.3 Å². The molecule has 4 rings (SSSR count). The summed E-state index contributed by atoms with van der Waals surface area (Å²) in [5, 5.41) is 26.9. The van der Waals surface area contributed by atoms with E-state index in [1.165, 1.54) is 6.92 Å². The Kier molecular flexibility index (Phi) is 5.90. The third kappa shape index (κ3) is 4.12. The van der Waals surface area contributed by atoms with Gasteiger partial charge in [-0.25, -0.2) is 4.52 Å². The molecular formula is C21H20Cl2N4O4. The highest BCUT2D eigenvalue weighted by atomic mass is 35.5. The van der Waals surface area contributed by atoms with Crippen molar-refractivity contribution in [2.24, 2.45) is 0 Å². The number of nitrogens with one attached hydrogen (secondary N) is 1. The zero-order chi connectivity index (χ0) is 22.3. The van der Waals surface area contributed by atoms with Gasteiger partial charge in [0, 0.05) is 29.9 Å².